The Kier molecular flexibility index (Phi) is 7.73. The zero-order valence-corrected chi connectivity index (χ0v) is 18.4. The molecule has 1 heterocycles. The van der Waals surface area contributed by atoms with Crippen LogP contribution in [0, 0.1) is 0 Å². The second-order valence-corrected chi connectivity index (χ2v) is 8.81. The summed E-state index contributed by atoms with van der Waals surface area (Å²) in [5.41, 5.74) is 0.813. The van der Waals surface area contributed by atoms with Crippen LogP contribution in [0.4, 0.5) is 0 Å². The highest BCUT2D eigenvalue weighted by Gasteiger charge is 2.26. The molecule has 2 N–H and O–H groups in total. The van der Waals surface area contributed by atoms with E-state index in [9.17, 15) is 13.2 Å². The Hall–Kier alpha value is -2.81. The molecule has 164 valence electrons. The normalized spacial score (nSPS) is 12.3. The van der Waals surface area contributed by atoms with Crippen LogP contribution in [0.3, 0.4) is 0 Å². The molecule has 0 bridgehead atoms. The molecular weight excluding hydrogens is 440 g/mol. The Morgan fingerprint density at radius 2 is 1.90 bits per heavy atom. The number of carbonyl (C=O) groups excluding carboxylic acids is 1. The molecule has 0 saturated heterocycles. The summed E-state index contributed by atoms with van der Waals surface area (Å²) in [6, 6.07) is 15.7. The summed E-state index contributed by atoms with van der Waals surface area (Å²) in [5, 5.41) is 2.88. The first-order valence-corrected chi connectivity index (χ1v) is 11.5. The first kappa shape index (κ1) is 22.9. The summed E-state index contributed by atoms with van der Waals surface area (Å²) in [5.74, 6) is 0.481. The van der Waals surface area contributed by atoms with Crippen molar-refractivity contribution in [2.24, 2.45) is 0 Å². The molecule has 0 aliphatic rings. The molecule has 1 unspecified atom stereocenters. The molecule has 1 aromatic heterocycles. The lowest BCUT2D eigenvalue weighted by molar-refractivity contribution is -0.122. The van der Waals surface area contributed by atoms with Crippen molar-refractivity contribution in [3.05, 3.63) is 83.3 Å². The third kappa shape index (κ3) is 6.33. The number of nitrogens with one attached hydrogen (secondary N) is 2. The molecule has 0 radical (unpaired) electrons. The van der Waals surface area contributed by atoms with Crippen molar-refractivity contribution >= 4 is 27.5 Å². The van der Waals surface area contributed by atoms with Crippen molar-refractivity contribution in [1.29, 1.82) is 0 Å². The Morgan fingerprint density at radius 1 is 1.13 bits per heavy atom. The molecule has 0 fully saturated rings. The van der Waals surface area contributed by atoms with Crippen LogP contribution < -0.4 is 14.8 Å². The predicted octanol–water partition coefficient (Wildman–Crippen LogP) is 3.54. The lowest BCUT2D eigenvalue weighted by Gasteiger charge is -2.19. The molecule has 7 nitrogen and oxygen atoms in total. The Labute approximate surface area is 186 Å². The molecule has 1 atom stereocenters. The SMILES string of the molecule is CCOc1ccc(S(=O)(=O)NC(Cc2ccccc2)C(=O)NCc2ccco2)cc1Cl. The maximum absolute atomic E-state index is 13.0. The second kappa shape index (κ2) is 10.5. The van der Waals surface area contributed by atoms with Crippen molar-refractivity contribution in [3.8, 4) is 5.75 Å². The molecule has 0 aliphatic heterocycles. The van der Waals surface area contributed by atoms with Gasteiger partial charge >= 0.3 is 0 Å². The minimum atomic E-state index is -4.03. The van der Waals surface area contributed by atoms with Crippen LogP contribution in [0.1, 0.15) is 18.2 Å². The third-order valence-corrected chi connectivity index (χ3v) is 6.19. The van der Waals surface area contributed by atoms with Gasteiger partial charge in [-0.15, -0.1) is 0 Å². The summed E-state index contributed by atoms with van der Waals surface area (Å²) < 4.78 is 39.0. The molecule has 0 spiro atoms. The van der Waals surface area contributed by atoms with Gasteiger partial charge in [0.2, 0.25) is 15.9 Å². The van der Waals surface area contributed by atoms with E-state index in [1.54, 1.807) is 19.1 Å². The number of furan rings is 1. The standard InChI is InChI=1S/C22H23ClN2O5S/c1-2-29-21-11-10-18(14-19(21)23)31(27,28)25-20(13-16-7-4-3-5-8-16)22(26)24-15-17-9-6-12-30-17/h3-12,14,20,25H,2,13,15H2,1H3,(H,24,26). The van der Waals surface area contributed by atoms with Crippen LogP contribution in [-0.2, 0) is 27.8 Å². The molecule has 0 aliphatic carbocycles. The fourth-order valence-corrected chi connectivity index (χ4v) is 4.45. The summed E-state index contributed by atoms with van der Waals surface area (Å²) in [6.07, 6.45) is 1.68. The fourth-order valence-electron chi connectivity index (χ4n) is 2.92. The first-order chi connectivity index (χ1) is 14.9. The van der Waals surface area contributed by atoms with Crippen molar-refractivity contribution in [2.75, 3.05) is 6.61 Å². The van der Waals surface area contributed by atoms with Crippen LogP contribution in [0.15, 0.2) is 76.2 Å². The lowest BCUT2D eigenvalue weighted by atomic mass is 10.1. The van der Waals surface area contributed by atoms with Crippen LogP contribution >= 0.6 is 11.6 Å². The highest BCUT2D eigenvalue weighted by atomic mass is 35.5. The number of halogens is 1. The van der Waals surface area contributed by atoms with Gasteiger partial charge in [-0.25, -0.2) is 8.42 Å². The molecule has 31 heavy (non-hydrogen) atoms. The molecule has 9 heteroatoms. The Bertz CT molecular complexity index is 1100. The number of hydrogen-bond donors (Lipinski definition) is 2. The van der Waals surface area contributed by atoms with Crippen molar-refractivity contribution in [1.82, 2.24) is 10.0 Å². The van der Waals surface area contributed by atoms with Gasteiger partial charge in [-0.05, 0) is 49.2 Å². The molecular formula is C22H23ClN2O5S. The van der Waals surface area contributed by atoms with Crippen LogP contribution in [0.25, 0.3) is 0 Å². The van der Waals surface area contributed by atoms with Gasteiger partial charge < -0.3 is 14.5 Å². The smallest absolute Gasteiger partial charge is 0.241 e. The van der Waals surface area contributed by atoms with Crippen LogP contribution in [-0.4, -0.2) is 27.0 Å². The van der Waals surface area contributed by atoms with E-state index in [0.717, 1.165) is 5.56 Å². The highest BCUT2D eigenvalue weighted by Crippen LogP contribution is 2.27. The molecule has 0 saturated carbocycles. The number of ether oxygens (including phenoxy) is 1. The van der Waals surface area contributed by atoms with Crippen LogP contribution in [0.5, 0.6) is 5.75 Å². The van der Waals surface area contributed by atoms with E-state index in [2.05, 4.69) is 10.0 Å². The maximum atomic E-state index is 13.0. The minimum absolute atomic E-state index is 0.0575. The van der Waals surface area contributed by atoms with Gasteiger partial charge in [0.15, 0.2) is 0 Å². The summed E-state index contributed by atoms with van der Waals surface area (Å²) >= 11 is 6.14. The zero-order valence-electron chi connectivity index (χ0n) is 16.9. The minimum Gasteiger partial charge on any atom is -0.492 e. The Morgan fingerprint density at radius 3 is 2.55 bits per heavy atom. The number of hydrogen-bond acceptors (Lipinski definition) is 5. The van der Waals surface area contributed by atoms with Gasteiger partial charge in [-0.3, -0.25) is 4.79 Å². The van der Waals surface area contributed by atoms with Crippen LogP contribution in [0.2, 0.25) is 5.02 Å². The quantitative estimate of drug-likeness (QED) is 0.480. The number of rotatable bonds is 10. The average molecular weight is 463 g/mol. The molecule has 3 rings (SSSR count). The zero-order chi connectivity index (χ0) is 22.3. The highest BCUT2D eigenvalue weighted by molar-refractivity contribution is 7.89. The number of sulfonamides is 1. The lowest BCUT2D eigenvalue weighted by Crippen LogP contribution is -2.47. The van der Waals surface area contributed by atoms with E-state index in [1.807, 2.05) is 30.3 Å². The van der Waals surface area contributed by atoms with Crippen molar-refractivity contribution < 1.29 is 22.4 Å². The number of benzene rings is 2. The summed E-state index contributed by atoms with van der Waals surface area (Å²) in [6.45, 7) is 2.35. The van der Waals surface area contributed by atoms with Crippen molar-refractivity contribution in [2.45, 2.75) is 30.8 Å². The fraction of sp³-hybridized carbons (Fsp3) is 0.227. The van der Waals surface area contributed by atoms with Gasteiger partial charge in [0.1, 0.15) is 17.6 Å². The van der Waals surface area contributed by atoms with Gasteiger partial charge in [0, 0.05) is 0 Å². The number of amides is 1. The van der Waals surface area contributed by atoms with E-state index in [0.29, 0.717) is 18.1 Å². The van der Waals surface area contributed by atoms with E-state index in [-0.39, 0.29) is 22.9 Å². The van der Waals surface area contributed by atoms with Crippen molar-refractivity contribution in [3.63, 3.8) is 0 Å². The van der Waals surface area contributed by atoms with Gasteiger partial charge in [0.05, 0.1) is 29.3 Å². The molecule has 3 aromatic rings. The van der Waals surface area contributed by atoms with E-state index >= 15 is 0 Å². The number of carbonyl (C=O) groups is 1. The van der Waals surface area contributed by atoms with E-state index in [1.165, 1.54) is 24.5 Å². The van der Waals surface area contributed by atoms with E-state index in [4.69, 9.17) is 20.8 Å². The summed E-state index contributed by atoms with van der Waals surface area (Å²) in [4.78, 5) is 12.8. The molecule has 2 aromatic carbocycles. The topological polar surface area (TPSA) is 97.6 Å². The monoisotopic (exact) mass is 462 g/mol. The largest absolute Gasteiger partial charge is 0.492 e. The Balaban J connectivity index is 1.80. The molecule has 1 amide bonds. The first-order valence-electron chi connectivity index (χ1n) is 9.67. The average Bonchev–Trinajstić information content (AvgIpc) is 3.27. The second-order valence-electron chi connectivity index (χ2n) is 6.69. The maximum Gasteiger partial charge on any atom is 0.241 e. The van der Waals surface area contributed by atoms with Gasteiger partial charge in [0.25, 0.3) is 0 Å². The van der Waals surface area contributed by atoms with Gasteiger partial charge in [-0.1, -0.05) is 41.9 Å². The third-order valence-electron chi connectivity index (χ3n) is 4.43. The predicted molar refractivity (Wildman–Crippen MR) is 117 cm³/mol. The van der Waals surface area contributed by atoms with E-state index < -0.39 is 22.0 Å². The summed E-state index contributed by atoms with van der Waals surface area (Å²) in [7, 11) is -4.03. The van der Waals surface area contributed by atoms with Gasteiger partial charge in [-0.2, -0.15) is 4.72 Å².